The number of aromatic hydroxyl groups is 1. The first kappa shape index (κ1) is 20.1. The van der Waals surface area contributed by atoms with Crippen LogP contribution < -0.4 is 4.74 Å². The number of methoxy groups -OCH3 is 2. The van der Waals surface area contributed by atoms with Gasteiger partial charge in [-0.25, -0.2) is 4.79 Å². The van der Waals surface area contributed by atoms with E-state index in [-0.39, 0.29) is 18.1 Å². The maximum Gasteiger partial charge on any atom is 0.327 e. The van der Waals surface area contributed by atoms with Gasteiger partial charge >= 0.3 is 11.9 Å². The van der Waals surface area contributed by atoms with E-state index in [1.807, 2.05) is 0 Å². The van der Waals surface area contributed by atoms with Gasteiger partial charge in [0, 0.05) is 24.8 Å². The highest BCUT2D eigenvalue weighted by molar-refractivity contribution is 5.79. The van der Waals surface area contributed by atoms with Crippen molar-refractivity contribution in [3.05, 3.63) is 59.6 Å². The molecule has 0 bridgehead atoms. The average Bonchev–Trinajstić information content (AvgIpc) is 2.66. The number of aryl methyl sites for hydroxylation is 1. The fourth-order valence-electron chi connectivity index (χ4n) is 2.60. The van der Waals surface area contributed by atoms with E-state index >= 15 is 0 Å². The van der Waals surface area contributed by atoms with Crippen molar-refractivity contribution in [2.45, 2.75) is 19.3 Å². The normalized spacial score (nSPS) is 16.4. The number of phenols is 1. The second-order valence-electron chi connectivity index (χ2n) is 5.90. The molecule has 0 fully saturated rings. The summed E-state index contributed by atoms with van der Waals surface area (Å²) in [5, 5.41) is 18.3. The second-order valence-corrected chi connectivity index (χ2v) is 5.90. The Morgan fingerprint density at radius 2 is 2.04 bits per heavy atom. The van der Waals surface area contributed by atoms with Crippen LogP contribution in [0.3, 0.4) is 0 Å². The van der Waals surface area contributed by atoms with E-state index in [0.717, 1.165) is 11.6 Å². The molecule has 0 saturated carbocycles. The monoisotopic (exact) mass is 374 g/mol. The van der Waals surface area contributed by atoms with Crippen molar-refractivity contribution < 1.29 is 34.0 Å². The van der Waals surface area contributed by atoms with E-state index in [9.17, 15) is 14.7 Å². The van der Waals surface area contributed by atoms with E-state index in [1.165, 1.54) is 20.3 Å². The van der Waals surface area contributed by atoms with Crippen LogP contribution in [0.15, 0.2) is 54.0 Å². The van der Waals surface area contributed by atoms with Crippen molar-refractivity contribution in [1.82, 2.24) is 0 Å². The summed E-state index contributed by atoms with van der Waals surface area (Å²) < 4.78 is 15.7. The Morgan fingerprint density at radius 1 is 1.26 bits per heavy atom. The lowest BCUT2D eigenvalue weighted by Crippen LogP contribution is -2.12. The number of carboxylic acids is 1. The summed E-state index contributed by atoms with van der Waals surface area (Å²) in [6.07, 6.45) is 6.98. The van der Waals surface area contributed by atoms with E-state index in [1.54, 1.807) is 30.4 Å². The molecule has 0 amide bonds. The van der Waals surface area contributed by atoms with Gasteiger partial charge in [-0.2, -0.15) is 0 Å². The van der Waals surface area contributed by atoms with Crippen LogP contribution in [-0.4, -0.2) is 36.4 Å². The van der Waals surface area contributed by atoms with Crippen molar-refractivity contribution in [2.75, 3.05) is 14.2 Å². The number of allylic oxidation sites excluding steroid dienone is 4. The zero-order valence-corrected chi connectivity index (χ0v) is 15.2. The number of esters is 1. The van der Waals surface area contributed by atoms with E-state index in [2.05, 4.69) is 0 Å². The van der Waals surface area contributed by atoms with Crippen LogP contribution in [-0.2, 0) is 25.5 Å². The molecule has 2 rings (SSSR count). The van der Waals surface area contributed by atoms with Gasteiger partial charge in [-0.1, -0.05) is 18.2 Å². The molecule has 1 aromatic carbocycles. The summed E-state index contributed by atoms with van der Waals surface area (Å²) in [6.45, 7) is 0. The van der Waals surface area contributed by atoms with Crippen molar-refractivity contribution in [3.8, 4) is 11.5 Å². The Morgan fingerprint density at radius 3 is 2.70 bits per heavy atom. The van der Waals surface area contributed by atoms with Gasteiger partial charge < -0.3 is 24.4 Å². The molecule has 0 radical (unpaired) electrons. The zero-order valence-electron chi connectivity index (χ0n) is 15.2. The Balaban J connectivity index is 1.94. The third-order valence-electron chi connectivity index (χ3n) is 4.01. The first-order chi connectivity index (χ1) is 12.9. The zero-order chi connectivity index (χ0) is 19.8. The van der Waals surface area contributed by atoms with Gasteiger partial charge in [-0.15, -0.1) is 0 Å². The van der Waals surface area contributed by atoms with Crippen LogP contribution in [0.2, 0.25) is 0 Å². The van der Waals surface area contributed by atoms with E-state index in [4.69, 9.17) is 19.3 Å². The second kappa shape index (κ2) is 9.47. The lowest BCUT2D eigenvalue weighted by molar-refractivity contribution is -0.139. The standard InChI is InChI=1S/C20H22O7/c1-25-17-11-13(3-7-15(17)21)6-10-20(24)27-16-8-4-14(5-9-19(22)23)12-18(16)26-2/h3-5,7-9,11,14,21H,6,10,12H2,1-2H3,(H,22,23). The number of ether oxygens (including phenoxy) is 3. The molecule has 0 saturated heterocycles. The molecule has 1 unspecified atom stereocenters. The fourth-order valence-corrected chi connectivity index (χ4v) is 2.60. The largest absolute Gasteiger partial charge is 0.504 e. The summed E-state index contributed by atoms with van der Waals surface area (Å²) in [7, 11) is 2.93. The van der Waals surface area contributed by atoms with Gasteiger partial charge in [-0.05, 0) is 30.2 Å². The molecular weight excluding hydrogens is 352 g/mol. The highest BCUT2D eigenvalue weighted by Gasteiger charge is 2.19. The van der Waals surface area contributed by atoms with Gasteiger partial charge in [0.2, 0.25) is 0 Å². The van der Waals surface area contributed by atoms with Crippen molar-refractivity contribution >= 4 is 11.9 Å². The molecule has 0 heterocycles. The molecule has 7 heteroatoms. The molecule has 0 spiro atoms. The number of carbonyl (C=O) groups excluding carboxylic acids is 1. The summed E-state index contributed by atoms with van der Waals surface area (Å²) in [4.78, 5) is 22.8. The highest BCUT2D eigenvalue weighted by atomic mass is 16.6. The molecular formula is C20H22O7. The summed E-state index contributed by atoms with van der Waals surface area (Å²) >= 11 is 0. The summed E-state index contributed by atoms with van der Waals surface area (Å²) in [6, 6.07) is 4.90. The molecule has 2 N–H and O–H groups in total. The molecule has 1 atom stereocenters. The van der Waals surface area contributed by atoms with Gasteiger partial charge in [0.25, 0.3) is 0 Å². The van der Waals surface area contributed by atoms with E-state index in [0.29, 0.717) is 30.1 Å². The Bertz CT molecular complexity index is 790. The number of hydrogen-bond acceptors (Lipinski definition) is 6. The molecule has 27 heavy (non-hydrogen) atoms. The van der Waals surface area contributed by atoms with E-state index < -0.39 is 11.9 Å². The van der Waals surface area contributed by atoms with Gasteiger partial charge in [0.05, 0.1) is 14.2 Å². The predicted octanol–water partition coefficient (Wildman–Crippen LogP) is 2.95. The van der Waals surface area contributed by atoms with Crippen molar-refractivity contribution in [1.29, 1.82) is 0 Å². The molecule has 0 aromatic heterocycles. The van der Waals surface area contributed by atoms with Crippen LogP contribution in [0, 0.1) is 5.92 Å². The summed E-state index contributed by atoms with van der Waals surface area (Å²) in [5.41, 5.74) is 0.834. The molecule has 1 aromatic rings. The summed E-state index contributed by atoms with van der Waals surface area (Å²) in [5.74, 6) is -0.380. The molecule has 7 nitrogen and oxygen atoms in total. The molecule has 1 aliphatic rings. The Labute approximate surface area is 157 Å². The highest BCUT2D eigenvalue weighted by Crippen LogP contribution is 2.28. The minimum absolute atomic E-state index is 0.0394. The number of phenolic OH excluding ortho intramolecular Hbond substituents is 1. The van der Waals surface area contributed by atoms with Crippen LogP contribution in [0.25, 0.3) is 0 Å². The van der Waals surface area contributed by atoms with Gasteiger partial charge in [0.1, 0.15) is 5.76 Å². The van der Waals surface area contributed by atoms with Crippen LogP contribution >= 0.6 is 0 Å². The number of carboxylic acid groups (broad SMARTS) is 1. The SMILES string of the molecule is COC1=C(OC(=O)CCc2ccc(O)c(OC)c2)C=CC(C=CC(=O)O)C1. The minimum Gasteiger partial charge on any atom is -0.504 e. The Hall–Kier alpha value is -3.22. The molecule has 1 aliphatic carbocycles. The van der Waals surface area contributed by atoms with Crippen LogP contribution in [0.4, 0.5) is 0 Å². The third kappa shape index (κ3) is 5.91. The molecule has 0 aliphatic heterocycles. The lowest BCUT2D eigenvalue weighted by Gasteiger charge is -2.19. The molecule has 144 valence electrons. The first-order valence-electron chi connectivity index (χ1n) is 8.36. The number of benzene rings is 1. The fraction of sp³-hybridized carbons (Fsp3) is 0.300. The van der Waals surface area contributed by atoms with Crippen LogP contribution in [0.1, 0.15) is 18.4 Å². The van der Waals surface area contributed by atoms with Gasteiger partial charge in [-0.3, -0.25) is 4.79 Å². The number of rotatable bonds is 8. The third-order valence-corrected chi connectivity index (χ3v) is 4.01. The maximum absolute atomic E-state index is 12.1. The quantitative estimate of drug-likeness (QED) is 0.533. The number of aliphatic carboxylic acids is 1. The minimum atomic E-state index is -1.02. The lowest BCUT2D eigenvalue weighted by atomic mass is 9.98. The van der Waals surface area contributed by atoms with Crippen molar-refractivity contribution in [2.24, 2.45) is 5.92 Å². The van der Waals surface area contributed by atoms with Gasteiger partial charge in [0.15, 0.2) is 17.3 Å². The smallest absolute Gasteiger partial charge is 0.327 e. The maximum atomic E-state index is 12.1. The van der Waals surface area contributed by atoms with Crippen molar-refractivity contribution in [3.63, 3.8) is 0 Å². The topological polar surface area (TPSA) is 102 Å². The average molecular weight is 374 g/mol. The number of carbonyl (C=O) groups is 2. The number of hydrogen-bond donors (Lipinski definition) is 2. The first-order valence-corrected chi connectivity index (χ1v) is 8.36. The van der Waals surface area contributed by atoms with Crippen LogP contribution in [0.5, 0.6) is 11.5 Å². The predicted molar refractivity (Wildman–Crippen MR) is 97.1 cm³/mol. The Kier molecular flexibility index (Phi) is 7.05.